The van der Waals surface area contributed by atoms with Gasteiger partial charge in [0.05, 0.1) is 6.54 Å². The molecule has 1 heterocycles. The Hall–Kier alpha value is -1.76. The Bertz CT molecular complexity index is 387. The van der Waals surface area contributed by atoms with Crippen molar-refractivity contribution in [3.63, 3.8) is 0 Å². The van der Waals surface area contributed by atoms with Gasteiger partial charge in [-0.3, -0.25) is 9.48 Å². The Morgan fingerprint density at radius 3 is 3.00 bits per heavy atom. The van der Waals surface area contributed by atoms with Gasteiger partial charge in [0.15, 0.2) is 0 Å². The quantitative estimate of drug-likeness (QED) is 0.683. The third kappa shape index (κ3) is 2.86. The van der Waals surface area contributed by atoms with Gasteiger partial charge in [-0.05, 0) is 24.8 Å². The summed E-state index contributed by atoms with van der Waals surface area (Å²) >= 11 is 0. The molecule has 1 fully saturated rings. The van der Waals surface area contributed by atoms with Gasteiger partial charge in [0.2, 0.25) is 5.91 Å². The number of amides is 1. The molecule has 0 aliphatic heterocycles. The molecule has 4 nitrogen and oxygen atoms in total. The van der Waals surface area contributed by atoms with Crippen LogP contribution in [0.25, 0.3) is 0 Å². The lowest BCUT2D eigenvalue weighted by molar-refractivity contribution is -0.131. The van der Waals surface area contributed by atoms with Crippen molar-refractivity contribution in [2.75, 3.05) is 13.1 Å². The Kier molecular flexibility index (Phi) is 3.25. The molecule has 2 rings (SSSR count). The number of terminal acetylenes is 1. The SMILES string of the molecule is C#CCN(CC1CC1)C(=O)Cn1cccn1. The minimum Gasteiger partial charge on any atom is -0.330 e. The van der Waals surface area contributed by atoms with E-state index in [4.69, 9.17) is 6.42 Å². The Labute approximate surface area is 95.2 Å². The van der Waals surface area contributed by atoms with Crippen molar-refractivity contribution in [1.29, 1.82) is 0 Å². The Morgan fingerprint density at radius 1 is 1.62 bits per heavy atom. The highest BCUT2D eigenvalue weighted by Crippen LogP contribution is 2.29. The predicted molar refractivity (Wildman–Crippen MR) is 60.4 cm³/mol. The van der Waals surface area contributed by atoms with E-state index >= 15 is 0 Å². The molecule has 0 unspecified atom stereocenters. The van der Waals surface area contributed by atoms with E-state index in [0.717, 1.165) is 6.54 Å². The maximum atomic E-state index is 11.9. The van der Waals surface area contributed by atoms with Crippen molar-refractivity contribution in [1.82, 2.24) is 14.7 Å². The molecule has 1 aliphatic carbocycles. The van der Waals surface area contributed by atoms with Gasteiger partial charge < -0.3 is 4.90 Å². The van der Waals surface area contributed by atoms with E-state index in [9.17, 15) is 4.79 Å². The van der Waals surface area contributed by atoms with Gasteiger partial charge in [0.25, 0.3) is 0 Å². The fourth-order valence-corrected chi connectivity index (χ4v) is 1.61. The second-order valence-electron chi connectivity index (χ2n) is 4.13. The molecule has 0 spiro atoms. The zero-order chi connectivity index (χ0) is 11.4. The molecule has 16 heavy (non-hydrogen) atoms. The van der Waals surface area contributed by atoms with Crippen molar-refractivity contribution in [3.05, 3.63) is 18.5 Å². The van der Waals surface area contributed by atoms with Crippen LogP contribution in [0.2, 0.25) is 0 Å². The number of carbonyl (C=O) groups is 1. The molecule has 1 aromatic heterocycles. The number of nitrogens with zero attached hydrogens (tertiary/aromatic N) is 3. The molecule has 4 heteroatoms. The summed E-state index contributed by atoms with van der Waals surface area (Å²) in [5.41, 5.74) is 0. The number of hydrogen-bond acceptors (Lipinski definition) is 2. The number of carbonyl (C=O) groups excluding carboxylic acids is 1. The molecular weight excluding hydrogens is 202 g/mol. The second kappa shape index (κ2) is 4.84. The van der Waals surface area contributed by atoms with Crippen molar-refractivity contribution in [2.45, 2.75) is 19.4 Å². The lowest BCUT2D eigenvalue weighted by atomic mass is 10.3. The first-order valence-electron chi connectivity index (χ1n) is 5.48. The first-order chi connectivity index (χ1) is 7.79. The number of hydrogen-bond donors (Lipinski definition) is 0. The monoisotopic (exact) mass is 217 g/mol. The fraction of sp³-hybridized carbons (Fsp3) is 0.500. The summed E-state index contributed by atoms with van der Waals surface area (Å²) in [6.07, 6.45) is 11.2. The summed E-state index contributed by atoms with van der Waals surface area (Å²) in [5, 5.41) is 4.01. The summed E-state index contributed by atoms with van der Waals surface area (Å²) in [6, 6.07) is 1.81. The third-order valence-electron chi connectivity index (χ3n) is 2.67. The molecule has 0 saturated heterocycles. The van der Waals surface area contributed by atoms with Gasteiger partial charge in [-0.25, -0.2) is 0 Å². The standard InChI is InChI=1S/C12H15N3O/c1-2-7-14(9-11-4-5-11)12(16)10-15-8-3-6-13-15/h1,3,6,8,11H,4-5,7,9-10H2. The fourth-order valence-electron chi connectivity index (χ4n) is 1.61. The van der Waals surface area contributed by atoms with Crippen LogP contribution in [-0.2, 0) is 11.3 Å². The highest BCUT2D eigenvalue weighted by atomic mass is 16.2. The molecular formula is C12H15N3O. The molecule has 1 saturated carbocycles. The third-order valence-corrected chi connectivity index (χ3v) is 2.67. The van der Waals surface area contributed by atoms with Gasteiger partial charge in [-0.15, -0.1) is 6.42 Å². The minimum atomic E-state index is 0.0496. The largest absolute Gasteiger partial charge is 0.330 e. The van der Waals surface area contributed by atoms with E-state index < -0.39 is 0 Å². The molecule has 0 radical (unpaired) electrons. The molecule has 1 aliphatic rings. The lowest BCUT2D eigenvalue weighted by Crippen LogP contribution is -2.35. The highest BCUT2D eigenvalue weighted by molar-refractivity contribution is 5.76. The lowest BCUT2D eigenvalue weighted by Gasteiger charge is -2.19. The summed E-state index contributed by atoms with van der Waals surface area (Å²) in [7, 11) is 0. The predicted octanol–water partition coefficient (Wildman–Crippen LogP) is 0.755. The van der Waals surface area contributed by atoms with Crippen LogP contribution < -0.4 is 0 Å². The molecule has 0 N–H and O–H groups in total. The Balaban J connectivity index is 1.90. The average molecular weight is 217 g/mol. The molecule has 1 aromatic rings. The average Bonchev–Trinajstić information content (AvgIpc) is 2.94. The van der Waals surface area contributed by atoms with E-state index in [1.54, 1.807) is 28.0 Å². The Morgan fingerprint density at radius 2 is 2.44 bits per heavy atom. The van der Waals surface area contributed by atoms with Gasteiger partial charge in [-0.2, -0.15) is 5.10 Å². The number of rotatable bonds is 5. The van der Waals surface area contributed by atoms with Crippen LogP contribution in [-0.4, -0.2) is 33.7 Å². The first-order valence-corrected chi connectivity index (χ1v) is 5.48. The van der Waals surface area contributed by atoms with Crippen molar-refractivity contribution in [2.24, 2.45) is 5.92 Å². The van der Waals surface area contributed by atoms with E-state index in [1.807, 2.05) is 0 Å². The van der Waals surface area contributed by atoms with E-state index in [1.165, 1.54) is 12.8 Å². The summed E-state index contributed by atoms with van der Waals surface area (Å²) in [5.74, 6) is 3.25. The van der Waals surface area contributed by atoms with Crippen LogP contribution in [0, 0.1) is 18.3 Å². The summed E-state index contributed by atoms with van der Waals surface area (Å²) in [4.78, 5) is 13.7. The van der Waals surface area contributed by atoms with E-state index in [2.05, 4.69) is 11.0 Å². The summed E-state index contributed by atoms with van der Waals surface area (Å²) in [6.45, 7) is 1.47. The van der Waals surface area contributed by atoms with Crippen LogP contribution in [0.1, 0.15) is 12.8 Å². The second-order valence-corrected chi connectivity index (χ2v) is 4.13. The van der Waals surface area contributed by atoms with Crippen molar-refractivity contribution < 1.29 is 4.79 Å². The maximum Gasteiger partial charge on any atom is 0.245 e. The molecule has 84 valence electrons. The van der Waals surface area contributed by atoms with Gasteiger partial charge in [0, 0.05) is 18.9 Å². The molecule has 0 aromatic carbocycles. The van der Waals surface area contributed by atoms with Gasteiger partial charge >= 0.3 is 0 Å². The zero-order valence-corrected chi connectivity index (χ0v) is 9.17. The smallest absolute Gasteiger partial charge is 0.245 e. The summed E-state index contributed by atoms with van der Waals surface area (Å²) < 4.78 is 1.62. The van der Waals surface area contributed by atoms with Gasteiger partial charge in [-0.1, -0.05) is 5.92 Å². The molecule has 1 amide bonds. The maximum absolute atomic E-state index is 11.9. The van der Waals surface area contributed by atoms with E-state index in [-0.39, 0.29) is 12.5 Å². The first kappa shape index (κ1) is 10.7. The molecule has 0 atom stereocenters. The normalized spacial score (nSPS) is 14.4. The van der Waals surface area contributed by atoms with Crippen molar-refractivity contribution >= 4 is 5.91 Å². The van der Waals surface area contributed by atoms with Crippen LogP contribution in [0.3, 0.4) is 0 Å². The van der Waals surface area contributed by atoms with Crippen LogP contribution in [0.15, 0.2) is 18.5 Å². The topological polar surface area (TPSA) is 38.1 Å². The van der Waals surface area contributed by atoms with Gasteiger partial charge in [0.1, 0.15) is 6.54 Å². The zero-order valence-electron chi connectivity index (χ0n) is 9.17. The molecule has 0 bridgehead atoms. The minimum absolute atomic E-state index is 0.0496. The van der Waals surface area contributed by atoms with Crippen LogP contribution in [0.5, 0.6) is 0 Å². The van der Waals surface area contributed by atoms with E-state index in [0.29, 0.717) is 12.5 Å². The van der Waals surface area contributed by atoms with Crippen LogP contribution in [0.4, 0.5) is 0 Å². The van der Waals surface area contributed by atoms with Crippen LogP contribution >= 0.6 is 0 Å². The van der Waals surface area contributed by atoms with Crippen molar-refractivity contribution in [3.8, 4) is 12.3 Å². The number of aromatic nitrogens is 2. The highest BCUT2D eigenvalue weighted by Gasteiger charge is 2.26.